The second kappa shape index (κ2) is 4.85. The summed E-state index contributed by atoms with van der Waals surface area (Å²) < 4.78 is 13.8. The molecule has 0 unspecified atom stereocenters. The maximum absolute atomic E-state index is 12.8. The first-order chi connectivity index (χ1) is 9.20. The van der Waals surface area contributed by atoms with Crippen molar-refractivity contribution in [1.29, 1.82) is 0 Å². The Kier molecular flexibility index (Phi) is 3.05. The number of halogens is 1. The molecule has 96 valence electrons. The fraction of sp³-hybridized carbons (Fsp3) is 0.0714. The number of nitrogens with one attached hydrogen (secondary N) is 1. The van der Waals surface area contributed by atoms with Crippen molar-refractivity contribution in [3.63, 3.8) is 0 Å². The largest absolute Gasteiger partial charge is 0.399 e. The van der Waals surface area contributed by atoms with E-state index in [1.807, 2.05) is 18.2 Å². The number of rotatable bonds is 3. The van der Waals surface area contributed by atoms with Crippen molar-refractivity contribution < 1.29 is 4.39 Å². The third kappa shape index (κ3) is 2.66. The molecule has 0 amide bonds. The Balaban J connectivity index is 1.76. The van der Waals surface area contributed by atoms with E-state index in [9.17, 15) is 4.39 Å². The summed E-state index contributed by atoms with van der Waals surface area (Å²) in [6.07, 6.45) is 0. The Morgan fingerprint density at radius 2 is 1.95 bits per heavy atom. The summed E-state index contributed by atoms with van der Waals surface area (Å²) in [6.45, 7) is 0.621. The van der Waals surface area contributed by atoms with Crippen LogP contribution in [0.15, 0.2) is 42.5 Å². The number of nitrogen functional groups attached to an aromatic ring is 1. The fourth-order valence-corrected chi connectivity index (χ4v) is 2.71. The zero-order valence-corrected chi connectivity index (χ0v) is 10.9. The molecule has 3 aromatic rings. The van der Waals surface area contributed by atoms with Gasteiger partial charge in [-0.2, -0.15) is 0 Å². The molecule has 0 atom stereocenters. The van der Waals surface area contributed by atoms with Gasteiger partial charge in [-0.1, -0.05) is 23.5 Å². The maximum atomic E-state index is 12.8. The van der Waals surface area contributed by atoms with Gasteiger partial charge in [0, 0.05) is 12.2 Å². The van der Waals surface area contributed by atoms with Gasteiger partial charge in [-0.3, -0.25) is 0 Å². The molecule has 0 aliphatic heterocycles. The lowest BCUT2D eigenvalue weighted by molar-refractivity contribution is 0.627. The van der Waals surface area contributed by atoms with Crippen molar-refractivity contribution in [2.45, 2.75) is 6.54 Å². The minimum Gasteiger partial charge on any atom is -0.399 e. The highest BCUT2D eigenvalue weighted by Gasteiger charge is 2.03. The first kappa shape index (κ1) is 11.9. The Bertz CT molecular complexity index is 706. The predicted molar refractivity (Wildman–Crippen MR) is 77.8 cm³/mol. The Hall–Kier alpha value is -2.14. The number of anilines is 2. The SMILES string of the molecule is Nc1ccc2nc(NCc3ccc(F)cc3)sc2c1. The van der Waals surface area contributed by atoms with E-state index in [4.69, 9.17) is 5.73 Å². The number of thiazole rings is 1. The maximum Gasteiger partial charge on any atom is 0.184 e. The van der Waals surface area contributed by atoms with E-state index < -0.39 is 0 Å². The van der Waals surface area contributed by atoms with Gasteiger partial charge < -0.3 is 11.1 Å². The highest BCUT2D eigenvalue weighted by molar-refractivity contribution is 7.22. The molecule has 19 heavy (non-hydrogen) atoms. The number of benzene rings is 2. The molecule has 0 aliphatic rings. The minimum absolute atomic E-state index is 0.223. The Morgan fingerprint density at radius 1 is 1.16 bits per heavy atom. The first-order valence-electron chi connectivity index (χ1n) is 5.85. The number of aromatic nitrogens is 1. The van der Waals surface area contributed by atoms with Crippen molar-refractivity contribution in [3.05, 3.63) is 53.8 Å². The molecule has 0 bridgehead atoms. The summed E-state index contributed by atoms with van der Waals surface area (Å²) >= 11 is 1.56. The average molecular weight is 273 g/mol. The molecule has 1 heterocycles. The van der Waals surface area contributed by atoms with Gasteiger partial charge in [-0.15, -0.1) is 0 Å². The summed E-state index contributed by atoms with van der Waals surface area (Å²) in [7, 11) is 0. The molecule has 3 rings (SSSR count). The van der Waals surface area contributed by atoms with E-state index in [-0.39, 0.29) is 5.82 Å². The van der Waals surface area contributed by atoms with Crippen LogP contribution < -0.4 is 11.1 Å². The van der Waals surface area contributed by atoms with Crippen molar-refractivity contribution in [1.82, 2.24) is 4.98 Å². The number of hydrogen-bond acceptors (Lipinski definition) is 4. The van der Waals surface area contributed by atoms with Crippen LogP contribution in [-0.4, -0.2) is 4.98 Å². The van der Waals surface area contributed by atoms with Crippen LogP contribution in [0, 0.1) is 5.82 Å². The average Bonchev–Trinajstić information content (AvgIpc) is 2.80. The van der Waals surface area contributed by atoms with Crippen LogP contribution in [0.2, 0.25) is 0 Å². The monoisotopic (exact) mass is 273 g/mol. The smallest absolute Gasteiger partial charge is 0.184 e. The molecule has 0 spiro atoms. The van der Waals surface area contributed by atoms with Gasteiger partial charge in [-0.25, -0.2) is 9.37 Å². The quantitative estimate of drug-likeness (QED) is 0.716. The van der Waals surface area contributed by atoms with Crippen LogP contribution in [0.1, 0.15) is 5.56 Å². The summed E-state index contributed by atoms with van der Waals surface area (Å²) in [5.74, 6) is -0.223. The number of nitrogens with zero attached hydrogens (tertiary/aromatic N) is 1. The van der Waals surface area contributed by atoms with Crippen molar-refractivity contribution in [3.8, 4) is 0 Å². The molecular formula is C14H12FN3S. The molecule has 5 heteroatoms. The highest BCUT2D eigenvalue weighted by Crippen LogP contribution is 2.27. The van der Waals surface area contributed by atoms with Crippen LogP contribution in [0.5, 0.6) is 0 Å². The van der Waals surface area contributed by atoms with Crippen LogP contribution in [0.3, 0.4) is 0 Å². The van der Waals surface area contributed by atoms with E-state index in [0.717, 1.165) is 26.6 Å². The van der Waals surface area contributed by atoms with Gasteiger partial charge in [-0.05, 0) is 35.9 Å². The summed E-state index contributed by atoms with van der Waals surface area (Å²) in [5.41, 5.74) is 8.42. The second-order valence-corrected chi connectivity index (χ2v) is 5.26. The van der Waals surface area contributed by atoms with E-state index in [0.29, 0.717) is 6.54 Å². The van der Waals surface area contributed by atoms with Gasteiger partial charge in [0.15, 0.2) is 5.13 Å². The van der Waals surface area contributed by atoms with E-state index in [2.05, 4.69) is 10.3 Å². The molecule has 0 radical (unpaired) electrons. The van der Waals surface area contributed by atoms with Crippen molar-refractivity contribution in [2.75, 3.05) is 11.1 Å². The van der Waals surface area contributed by atoms with Gasteiger partial charge in [0.1, 0.15) is 5.82 Å². The molecule has 0 fully saturated rings. The Labute approximate surface area is 113 Å². The van der Waals surface area contributed by atoms with Crippen LogP contribution in [0.4, 0.5) is 15.2 Å². The molecule has 2 aromatic carbocycles. The zero-order chi connectivity index (χ0) is 13.2. The van der Waals surface area contributed by atoms with E-state index in [1.165, 1.54) is 12.1 Å². The fourth-order valence-electron chi connectivity index (χ4n) is 1.80. The predicted octanol–water partition coefficient (Wildman–Crippen LogP) is 3.63. The zero-order valence-electron chi connectivity index (χ0n) is 10.1. The molecule has 1 aromatic heterocycles. The molecular weight excluding hydrogens is 261 g/mol. The topological polar surface area (TPSA) is 50.9 Å². The van der Waals surface area contributed by atoms with Crippen LogP contribution in [-0.2, 0) is 6.54 Å². The third-order valence-corrected chi connectivity index (χ3v) is 3.75. The standard InChI is InChI=1S/C14H12FN3S/c15-10-3-1-9(2-4-10)8-17-14-18-12-6-5-11(16)7-13(12)19-14/h1-7H,8,16H2,(H,17,18). The summed E-state index contributed by atoms with van der Waals surface area (Å²) in [4.78, 5) is 4.46. The van der Waals surface area contributed by atoms with Crippen molar-refractivity contribution in [2.24, 2.45) is 0 Å². The van der Waals surface area contributed by atoms with E-state index in [1.54, 1.807) is 23.5 Å². The number of nitrogens with two attached hydrogens (primary N) is 1. The third-order valence-electron chi connectivity index (χ3n) is 2.77. The highest BCUT2D eigenvalue weighted by atomic mass is 32.1. The minimum atomic E-state index is -0.223. The lowest BCUT2D eigenvalue weighted by atomic mass is 10.2. The molecule has 3 nitrogen and oxygen atoms in total. The number of hydrogen-bond donors (Lipinski definition) is 2. The summed E-state index contributed by atoms with van der Waals surface area (Å²) in [5, 5.41) is 4.07. The van der Waals surface area contributed by atoms with Gasteiger partial charge in [0.25, 0.3) is 0 Å². The molecule has 0 saturated carbocycles. The van der Waals surface area contributed by atoms with Gasteiger partial charge in [0.05, 0.1) is 10.2 Å². The normalized spacial score (nSPS) is 10.8. The first-order valence-corrected chi connectivity index (χ1v) is 6.67. The van der Waals surface area contributed by atoms with Crippen molar-refractivity contribution >= 4 is 32.4 Å². The summed E-state index contributed by atoms with van der Waals surface area (Å²) in [6, 6.07) is 12.1. The van der Waals surface area contributed by atoms with Gasteiger partial charge >= 0.3 is 0 Å². The number of fused-ring (bicyclic) bond motifs is 1. The van der Waals surface area contributed by atoms with Crippen LogP contribution in [0.25, 0.3) is 10.2 Å². The molecule has 0 aliphatic carbocycles. The second-order valence-electron chi connectivity index (χ2n) is 4.23. The lowest BCUT2D eigenvalue weighted by Gasteiger charge is -2.02. The molecule has 0 saturated heterocycles. The Morgan fingerprint density at radius 3 is 2.74 bits per heavy atom. The van der Waals surface area contributed by atoms with Gasteiger partial charge in [0.2, 0.25) is 0 Å². The lowest BCUT2D eigenvalue weighted by Crippen LogP contribution is -1.98. The van der Waals surface area contributed by atoms with E-state index >= 15 is 0 Å². The van der Waals surface area contributed by atoms with Crippen LogP contribution >= 0.6 is 11.3 Å². The molecule has 3 N–H and O–H groups in total.